The number of ether oxygens (including phenoxy) is 1. The Hall–Kier alpha value is -1.33. The number of hydrogen-bond donors (Lipinski definition) is 2. The smallest absolute Gasteiger partial charge is 0.251 e. The highest BCUT2D eigenvalue weighted by atomic mass is 35.5. The summed E-state index contributed by atoms with van der Waals surface area (Å²) in [7, 11) is 1.36. The van der Waals surface area contributed by atoms with Gasteiger partial charge in [0, 0.05) is 17.6 Å². The fraction of sp³-hybridized carbons (Fsp3) is 0.533. The first-order chi connectivity index (χ1) is 9.31. The van der Waals surface area contributed by atoms with E-state index in [0.717, 1.165) is 6.42 Å². The van der Waals surface area contributed by atoms with Crippen LogP contribution in [0.2, 0.25) is 0 Å². The summed E-state index contributed by atoms with van der Waals surface area (Å²) in [6.07, 6.45) is 0.771. The van der Waals surface area contributed by atoms with Crippen molar-refractivity contribution in [3.05, 3.63) is 29.6 Å². The van der Waals surface area contributed by atoms with E-state index in [1.165, 1.54) is 25.3 Å². The summed E-state index contributed by atoms with van der Waals surface area (Å²) in [6, 6.07) is 4.03. The third-order valence-corrected chi connectivity index (χ3v) is 3.14. The molecule has 21 heavy (non-hydrogen) atoms. The molecule has 0 saturated carbocycles. The fourth-order valence-electron chi connectivity index (χ4n) is 2.23. The molecule has 0 saturated heterocycles. The van der Waals surface area contributed by atoms with E-state index in [-0.39, 0.29) is 24.1 Å². The van der Waals surface area contributed by atoms with E-state index >= 15 is 0 Å². The molecule has 0 heterocycles. The summed E-state index contributed by atoms with van der Waals surface area (Å²) in [4.78, 5) is 12.2. The van der Waals surface area contributed by atoms with Gasteiger partial charge in [-0.2, -0.15) is 0 Å². The molecule has 0 aliphatic rings. The predicted octanol–water partition coefficient (Wildman–Crippen LogP) is 2.75. The molecule has 6 heteroatoms. The Morgan fingerprint density at radius 1 is 1.48 bits per heavy atom. The van der Waals surface area contributed by atoms with Crippen LogP contribution in [0.15, 0.2) is 18.2 Å². The van der Waals surface area contributed by atoms with E-state index in [1.807, 2.05) is 6.92 Å². The molecule has 0 aliphatic heterocycles. The van der Waals surface area contributed by atoms with Crippen LogP contribution < -0.4 is 15.8 Å². The van der Waals surface area contributed by atoms with Crippen LogP contribution in [0.25, 0.3) is 0 Å². The van der Waals surface area contributed by atoms with E-state index in [2.05, 4.69) is 19.2 Å². The van der Waals surface area contributed by atoms with E-state index < -0.39 is 11.4 Å². The summed E-state index contributed by atoms with van der Waals surface area (Å²) in [6.45, 7) is 6.39. The highest BCUT2D eigenvalue weighted by Crippen LogP contribution is 2.20. The van der Waals surface area contributed by atoms with Crippen molar-refractivity contribution in [3.8, 4) is 5.75 Å². The molecule has 0 aromatic heterocycles. The topological polar surface area (TPSA) is 64.3 Å². The first-order valence-corrected chi connectivity index (χ1v) is 6.67. The van der Waals surface area contributed by atoms with E-state index in [4.69, 9.17) is 10.5 Å². The van der Waals surface area contributed by atoms with Gasteiger partial charge in [-0.15, -0.1) is 12.4 Å². The van der Waals surface area contributed by atoms with Gasteiger partial charge in [-0.3, -0.25) is 4.79 Å². The summed E-state index contributed by atoms with van der Waals surface area (Å²) >= 11 is 0. The van der Waals surface area contributed by atoms with Crippen LogP contribution in [0.3, 0.4) is 0 Å². The fourth-order valence-corrected chi connectivity index (χ4v) is 2.23. The summed E-state index contributed by atoms with van der Waals surface area (Å²) in [5.74, 6) is -0.313. The van der Waals surface area contributed by atoms with Gasteiger partial charge in [0.15, 0.2) is 11.6 Å². The van der Waals surface area contributed by atoms with Gasteiger partial charge < -0.3 is 15.8 Å². The molecule has 1 atom stereocenters. The predicted molar refractivity (Wildman–Crippen MR) is 84.6 cm³/mol. The van der Waals surface area contributed by atoms with Gasteiger partial charge in [-0.25, -0.2) is 4.39 Å². The molecule has 1 aromatic rings. The van der Waals surface area contributed by atoms with Crippen molar-refractivity contribution in [2.45, 2.75) is 32.7 Å². The average molecular weight is 319 g/mol. The molecule has 3 N–H and O–H groups in total. The van der Waals surface area contributed by atoms with E-state index in [9.17, 15) is 9.18 Å². The van der Waals surface area contributed by atoms with Crippen molar-refractivity contribution in [2.75, 3.05) is 13.7 Å². The number of amides is 1. The Kier molecular flexibility index (Phi) is 7.68. The number of rotatable bonds is 6. The maximum Gasteiger partial charge on any atom is 0.251 e. The monoisotopic (exact) mass is 318 g/mol. The number of carbonyl (C=O) groups is 1. The molecule has 0 spiro atoms. The Morgan fingerprint density at radius 3 is 2.57 bits per heavy atom. The lowest BCUT2D eigenvalue weighted by molar-refractivity contribution is 0.0898. The molecule has 0 bridgehead atoms. The lowest BCUT2D eigenvalue weighted by atomic mass is 9.90. The quantitative estimate of drug-likeness (QED) is 0.847. The van der Waals surface area contributed by atoms with Crippen molar-refractivity contribution in [3.63, 3.8) is 0 Å². The second-order valence-electron chi connectivity index (χ2n) is 5.67. The minimum absolute atomic E-state index is 0. The van der Waals surface area contributed by atoms with Gasteiger partial charge in [0.05, 0.1) is 7.11 Å². The molecule has 1 amide bonds. The second kappa shape index (κ2) is 8.20. The molecule has 120 valence electrons. The van der Waals surface area contributed by atoms with Gasteiger partial charge in [-0.1, -0.05) is 13.8 Å². The van der Waals surface area contributed by atoms with Crippen LogP contribution in [0.5, 0.6) is 5.75 Å². The maximum atomic E-state index is 13.3. The third-order valence-electron chi connectivity index (χ3n) is 3.14. The van der Waals surface area contributed by atoms with Gasteiger partial charge in [-0.05, 0) is 37.5 Å². The number of benzene rings is 1. The van der Waals surface area contributed by atoms with E-state index in [1.54, 1.807) is 0 Å². The van der Waals surface area contributed by atoms with E-state index in [0.29, 0.717) is 18.0 Å². The first-order valence-electron chi connectivity index (χ1n) is 6.67. The Morgan fingerprint density at radius 2 is 2.10 bits per heavy atom. The SMILES string of the molecule is COc1cc(C(=O)NC(C)(CN)CC(C)C)ccc1F.Cl. The zero-order valence-electron chi connectivity index (χ0n) is 12.9. The third kappa shape index (κ3) is 5.52. The zero-order chi connectivity index (χ0) is 15.3. The lowest BCUT2D eigenvalue weighted by Gasteiger charge is -2.31. The number of nitrogens with one attached hydrogen (secondary N) is 1. The molecule has 1 aromatic carbocycles. The molecule has 1 unspecified atom stereocenters. The standard InChI is InChI=1S/C15H23FN2O2.ClH/c1-10(2)8-15(3,9-17)18-14(19)11-5-6-12(16)13(7-11)20-4;/h5-7,10H,8-9,17H2,1-4H3,(H,18,19);1H. The molecular weight excluding hydrogens is 295 g/mol. The first kappa shape index (κ1) is 19.7. The maximum absolute atomic E-state index is 13.3. The molecule has 0 aliphatic carbocycles. The van der Waals surface area contributed by atoms with Crippen molar-refractivity contribution < 1.29 is 13.9 Å². The van der Waals surface area contributed by atoms with Gasteiger partial charge in [0.2, 0.25) is 0 Å². The number of carbonyl (C=O) groups excluding carboxylic acids is 1. The van der Waals surface area contributed by atoms with Crippen LogP contribution in [0.1, 0.15) is 37.6 Å². The Labute approximate surface area is 131 Å². The molecule has 4 nitrogen and oxygen atoms in total. The zero-order valence-corrected chi connectivity index (χ0v) is 13.7. The number of methoxy groups -OCH3 is 1. The van der Waals surface area contributed by atoms with Crippen LogP contribution in [0.4, 0.5) is 4.39 Å². The number of nitrogens with two attached hydrogens (primary N) is 1. The van der Waals surface area contributed by atoms with Crippen LogP contribution in [0, 0.1) is 11.7 Å². The van der Waals surface area contributed by atoms with Crippen molar-refractivity contribution in [2.24, 2.45) is 11.7 Å². The minimum atomic E-state index is -0.493. The summed E-state index contributed by atoms with van der Waals surface area (Å²) in [5, 5.41) is 2.92. The highest BCUT2D eigenvalue weighted by molar-refractivity contribution is 5.95. The Bertz CT molecular complexity index is 483. The summed E-state index contributed by atoms with van der Waals surface area (Å²) in [5.41, 5.74) is 5.64. The van der Waals surface area contributed by atoms with Gasteiger partial charge >= 0.3 is 0 Å². The highest BCUT2D eigenvalue weighted by Gasteiger charge is 2.26. The van der Waals surface area contributed by atoms with Gasteiger partial charge in [0.25, 0.3) is 5.91 Å². The van der Waals surface area contributed by atoms with Crippen LogP contribution in [-0.2, 0) is 0 Å². The second-order valence-corrected chi connectivity index (χ2v) is 5.67. The largest absolute Gasteiger partial charge is 0.494 e. The normalized spacial score (nSPS) is 13.3. The van der Waals surface area contributed by atoms with Crippen molar-refractivity contribution >= 4 is 18.3 Å². The summed E-state index contributed by atoms with van der Waals surface area (Å²) < 4.78 is 18.2. The van der Waals surface area contributed by atoms with Crippen LogP contribution in [-0.4, -0.2) is 25.1 Å². The molecule has 0 fully saturated rings. The lowest BCUT2D eigenvalue weighted by Crippen LogP contribution is -2.52. The van der Waals surface area contributed by atoms with Crippen LogP contribution >= 0.6 is 12.4 Å². The molecular formula is C15H24ClFN2O2. The molecule has 1 rings (SSSR count). The van der Waals surface area contributed by atoms with Gasteiger partial charge in [0.1, 0.15) is 0 Å². The van der Waals surface area contributed by atoms with Crippen molar-refractivity contribution in [1.82, 2.24) is 5.32 Å². The minimum Gasteiger partial charge on any atom is -0.494 e. The number of halogens is 2. The van der Waals surface area contributed by atoms with Crippen molar-refractivity contribution in [1.29, 1.82) is 0 Å². The number of hydrogen-bond acceptors (Lipinski definition) is 3. The molecule has 0 radical (unpaired) electrons. The average Bonchev–Trinajstić information content (AvgIpc) is 2.38. The Balaban J connectivity index is 0.00000400.